The van der Waals surface area contributed by atoms with E-state index in [-0.39, 0.29) is 0 Å². The summed E-state index contributed by atoms with van der Waals surface area (Å²) in [6.07, 6.45) is 0.739. The Hall–Kier alpha value is -3.09. The summed E-state index contributed by atoms with van der Waals surface area (Å²) in [6.45, 7) is 1.33. The maximum atomic E-state index is 5.53. The lowest BCUT2D eigenvalue weighted by atomic mass is 10.1. The minimum absolute atomic E-state index is 0.600. The van der Waals surface area contributed by atoms with Crippen LogP contribution in [0.1, 0.15) is 11.1 Å². The maximum absolute atomic E-state index is 5.53. The second-order valence-electron chi connectivity index (χ2n) is 5.95. The average molecular weight is 387 g/mol. The van der Waals surface area contributed by atoms with Gasteiger partial charge in [-0.15, -0.1) is 0 Å². The lowest BCUT2D eigenvalue weighted by Crippen LogP contribution is -2.37. The number of ether oxygens (including phenoxy) is 4. The molecule has 0 bridgehead atoms. The zero-order chi connectivity index (χ0) is 20.4. The third kappa shape index (κ3) is 5.45. The van der Waals surface area contributed by atoms with Crippen molar-refractivity contribution in [3.05, 3.63) is 47.5 Å². The number of aliphatic imine (C=N–C) groups is 1. The molecule has 0 aliphatic rings. The second-order valence-corrected chi connectivity index (χ2v) is 5.95. The largest absolute Gasteiger partial charge is 0.497 e. The molecule has 152 valence electrons. The summed E-state index contributed by atoms with van der Waals surface area (Å²) in [5, 5.41) is 6.61. The zero-order valence-electron chi connectivity index (χ0n) is 17.2. The lowest BCUT2D eigenvalue weighted by molar-refractivity contribution is 0.322. The number of guanidine groups is 1. The first-order chi connectivity index (χ1) is 13.7. The Kier molecular flexibility index (Phi) is 8.27. The molecule has 0 aromatic heterocycles. The van der Waals surface area contributed by atoms with Gasteiger partial charge in [-0.3, -0.25) is 4.99 Å². The zero-order valence-corrected chi connectivity index (χ0v) is 17.2. The van der Waals surface area contributed by atoms with Crippen molar-refractivity contribution in [3.8, 4) is 23.0 Å². The molecular formula is C21H29N3O4. The molecule has 2 aromatic carbocycles. The van der Waals surface area contributed by atoms with Gasteiger partial charge in [0.25, 0.3) is 0 Å². The van der Waals surface area contributed by atoms with Crippen LogP contribution in [0, 0.1) is 0 Å². The number of nitrogens with zero attached hydrogens (tertiary/aromatic N) is 1. The van der Waals surface area contributed by atoms with Crippen LogP contribution in [0.15, 0.2) is 41.4 Å². The van der Waals surface area contributed by atoms with Crippen LogP contribution in [0.3, 0.4) is 0 Å². The fraction of sp³-hybridized carbons (Fsp3) is 0.381. The maximum Gasteiger partial charge on any atom is 0.203 e. The minimum Gasteiger partial charge on any atom is -0.497 e. The fourth-order valence-corrected chi connectivity index (χ4v) is 2.86. The summed E-state index contributed by atoms with van der Waals surface area (Å²) in [4.78, 5) is 4.27. The molecule has 28 heavy (non-hydrogen) atoms. The fourth-order valence-electron chi connectivity index (χ4n) is 2.86. The Balaban J connectivity index is 1.94. The second kappa shape index (κ2) is 10.9. The van der Waals surface area contributed by atoms with E-state index in [9.17, 15) is 0 Å². The van der Waals surface area contributed by atoms with Crippen LogP contribution in [0.5, 0.6) is 23.0 Å². The van der Waals surface area contributed by atoms with E-state index < -0.39 is 0 Å². The summed E-state index contributed by atoms with van der Waals surface area (Å²) in [7, 11) is 8.25. The van der Waals surface area contributed by atoms with Crippen LogP contribution < -0.4 is 29.6 Å². The Morgan fingerprint density at radius 2 is 1.68 bits per heavy atom. The van der Waals surface area contributed by atoms with Crippen LogP contribution in [-0.4, -0.2) is 48.0 Å². The molecule has 0 aliphatic carbocycles. The summed E-state index contributed by atoms with van der Waals surface area (Å²) in [6, 6.07) is 11.8. The van der Waals surface area contributed by atoms with Gasteiger partial charge in [0.1, 0.15) is 5.75 Å². The van der Waals surface area contributed by atoms with Crippen molar-refractivity contribution in [2.45, 2.75) is 13.0 Å². The van der Waals surface area contributed by atoms with Gasteiger partial charge in [-0.2, -0.15) is 0 Å². The van der Waals surface area contributed by atoms with Crippen molar-refractivity contribution >= 4 is 5.96 Å². The van der Waals surface area contributed by atoms with Gasteiger partial charge in [0, 0.05) is 25.7 Å². The van der Waals surface area contributed by atoms with Crippen LogP contribution in [0.4, 0.5) is 0 Å². The quantitative estimate of drug-likeness (QED) is 0.509. The first-order valence-electron chi connectivity index (χ1n) is 9.02. The highest BCUT2D eigenvalue weighted by Gasteiger charge is 2.15. The predicted molar refractivity (Wildman–Crippen MR) is 111 cm³/mol. The molecule has 0 saturated heterocycles. The number of hydrogen-bond acceptors (Lipinski definition) is 5. The monoisotopic (exact) mass is 387 g/mol. The number of rotatable bonds is 9. The van der Waals surface area contributed by atoms with Crippen molar-refractivity contribution in [2.24, 2.45) is 4.99 Å². The Labute approximate surface area is 166 Å². The average Bonchev–Trinajstić information content (AvgIpc) is 2.75. The van der Waals surface area contributed by atoms with Gasteiger partial charge in [-0.1, -0.05) is 18.2 Å². The highest BCUT2D eigenvalue weighted by Crippen LogP contribution is 2.39. The van der Waals surface area contributed by atoms with Gasteiger partial charge in [-0.25, -0.2) is 0 Å². The molecule has 0 spiro atoms. The molecule has 0 atom stereocenters. The molecule has 2 aromatic rings. The van der Waals surface area contributed by atoms with E-state index in [0.717, 1.165) is 29.3 Å². The number of benzene rings is 2. The van der Waals surface area contributed by atoms with E-state index in [1.807, 2.05) is 36.4 Å². The SMILES string of the molecule is CN=C(NCCc1ccc(OC)c(OC)c1OC)NCc1cccc(OC)c1. The Morgan fingerprint density at radius 1 is 0.893 bits per heavy atom. The van der Waals surface area contributed by atoms with Gasteiger partial charge in [0.15, 0.2) is 17.5 Å². The molecule has 2 N–H and O–H groups in total. The number of hydrogen-bond donors (Lipinski definition) is 2. The smallest absolute Gasteiger partial charge is 0.203 e. The topological polar surface area (TPSA) is 73.3 Å². The van der Waals surface area contributed by atoms with Crippen LogP contribution >= 0.6 is 0 Å². The van der Waals surface area contributed by atoms with E-state index in [2.05, 4.69) is 15.6 Å². The minimum atomic E-state index is 0.600. The first-order valence-corrected chi connectivity index (χ1v) is 9.02. The lowest BCUT2D eigenvalue weighted by Gasteiger charge is -2.16. The van der Waals surface area contributed by atoms with E-state index in [1.54, 1.807) is 35.5 Å². The normalized spacial score (nSPS) is 11.0. The summed E-state index contributed by atoms with van der Waals surface area (Å²) in [5.74, 6) is 3.49. The summed E-state index contributed by atoms with van der Waals surface area (Å²) in [5.41, 5.74) is 2.14. The molecular weight excluding hydrogens is 358 g/mol. The number of nitrogens with one attached hydrogen (secondary N) is 2. The van der Waals surface area contributed by atoms with Crippen molar-refractivity contribution in [1.82, 2.24) is 10.6 Å². The summed E-state index contributed by atoms with van der Waals surface area (Å²) >= 11 is 0. The Bertz CT molecular complexity index is 793. The van der Waals surface area contributed by atoms with E-state index in [4.69, 9.17) is 18.9 Å². The third-order valence-corrected chi connectivity index (χ3v) is 4.29. The van der Waals surface area contributed by atoms with Crippen LogP contribution in [0.2, 0.25) is 0 Å². The summed E-state index contributed by atoms with van der Waals surface area (Å²) < 4.78 is 21.5. The van der Waals surface area contributed by atoms with E-state index in [1.165, 1.54) is 0 Å². The highest BCUT2D eigenvalue weighted by molar-refractivity contribution is 5.79. The molecule has 0 aliphatic heterocycles. The van der Waals surface area contributed by atoms with Gasteiger partial charge in [0.2, 0.25) is 5.75 Å². The standard InChI is InChI=1S/C21H29N3O4/c1-22-21(24-14-15-7-6-8-17(13-15)25-2)23-12-11-16-9-10-18(26-3)20(28-5)19(16)27-4/h6-10,13H,11-12,14H2,1-5H3,(H2,22,23,24). The molecule has 0 heterocycles. The van der Waals surface area contributed by atoms with Crippen molar-refractivity contribution in [1.29, 1.82) is 0 Å². The van der Waals surface area contributed by atoms with Gasteiger partial charge >= 0.3 is 0 Å². The number of methoxy groups -OCH3 is 4. The first kappa shape index (κ1) is 21.2. The molecule has 7 nitrogen and oxygen atoms in total. The molecule has 0 radical (unpaired) electrons. The van der Waals surface area contributed by atoms with Gasteiger partial charge < -0.3 is 29.6 Å². The van der Waals surface area contributed by atoms with Gasteiger partial charge in [-0.05, 0) is 30.2 Å². The van der Waals surface area contributed by atoms with Crippen LogP contribution in [-0.2, 0) is 13.0 Å². The molecule has 7 heteroatoms. The third-order valence-electron chi connectivity index (χ3n) is 4.29. The predicted octanol–water partition coefficient (Wildman–Crippen LogP) is 2.63. The Morgan fingerprint density at radius 3 is 2.32 bits per heavy atom. The van der Waals surface area contributed by atoms with Crippen molar-refractivity contribution in [3.63, 3.8) is 0 Å². The molecule has 0 unspecified atom stereocenters. The highest BCUT2D eigenvalue weighted by atomic mass is 16.5. The van der Waals surface area contributed by atoms with Crippen molar-refractivity contribution < 1.29 is 18.9 Å². The van der Waals surface area contributed by atoms with E-state index >= 15 is 0 Å². The molecule has 0 saturated carbocycles. The molecule has 0 fully saturated rings. The molecule has 0 amide bonds. The van der Waals surface area contributed by atoms with Crippen molar-refractivity contribution in [2.75, 3.05) is 42.0 Å². The van der Waals surface area contributed by atoms with E-state index in [0.29, 0.717) is 30.3 Å². The molecule has 2 rings (SSSR count). The van der Waals surface area contributed by atoms with Gasteiger partial charge in [0.05, 0.1) is 28.4 Å². The van der Waals surface area contributed by atoms with Crippen LogP contribution in [0.25, 0.3) is 0 Å².